The van der Waals surface area contributed by atoms with E-state index in [0.29, 0.717) is 0 Å². The van der Waals surface area contributed by atoms with Crippen molar-refractivity contribution in [3.05, 3.63) is 200 Å². The molecule has 1 N–H and O–H groups in total. The van der Waals surface area contributed by atoms with Gasteiger partial charge in [-0.2, -0.15) is 0 Å². The molecule has 0 unspecified atom stereocenters. The number of furan rings is 1. The van der Waals surface area contributed by atoms with Crippen molar-refractivity contribution in [3.8, 4) is 39.1 Å². The normalized spacial score (nSPS) is 11.6. The van der Waals surface area contributed by atoms with Crippen molar-refractivity contribution in [2.45, 2.75) is 0 Å². The van der Waals surface area contributed by atoms with E-state index in [4.69, 9.17) is 4.42 Å². The van der Waals surface area contributed by atoms with Crippen LogP contribution in [0.2, 0.25) is 0 Å². The number of rotatable bonds is 6. The fourth-order valence-corrected chi connectivity index (χ4v) is 8.29. The van der Waals surface area contributed by atoms with Gasteiger partial charge in [-0.3, -0.25) is 0 Å². The first-order valence-electron chi connectivity index (χ1n) is 18.7. The Morgan fingerprint density at radius 3 is 1.96 bits per heavy atom. The number of fused-ring (bicyclic) bond motifs is 7. The summed E-state index contributed by atoms with van der Waals surface area (Å²) in [6, 6.07) is 71.7. The molecule has 0 bridgehead atoms. The topological polar surface area (TPSA) is 30.1 Å². The lowest BCUT2D eigenvalue weighted by Gasteiger charge is -2.15. The zero-order valence-corrected chi connectivity index (χ0v) is 29.9. The fourth-order valence-electron chi connectivity index (χ4n) is 8.29. The summed E-state index contributed by atoms with van der Waals surface area (Å²) in [6.07, 6.45) is 0. The van der Waals surface area contributed by atoms with E-state index in [1.165, 1.54) is 49.3 Å². The minimum Gasteiger partial charge on any atom is -0.456 e. The molecule has 258 valence electrons. The second-order valence-electron chi connectivity index (χ2n) is 14.3. The van der Waals surface area contributed by atoms with Gasteiger partial charge in [-0.05, 0) is 99.3 Å². The van der Waals surface area contributed by atoms with Gasteiger partial charge in [0.05, 0.1) is 16.7 Å². The molecule has 0 amide bonds. The fraction of sp³-hybridized carbons (Fsp3) is 0. The van der Waals surface area contributed by atoms with E-state index in [0.717, 1.165) is 55.7 Å². The van der Waals surface area contributed by atoms with Crippen LogP contribution in [0.25, 0.3) is 93.6 Å². The highest BCUT2D eigenvalue weighted by molar-refractivity contribution is 6.11. The largest absolute Gasteiger partial charge is 0.456 e. The van der Waals surface area contributed by atoms with Crippen LogP contribution in [0.3, 0.4) is 0 Å². The summed E-state index contributed by atoms with van der Waals surface area (Å²) in [6.45, 7) is 0. The Hall–Kier alpha value is -7.36. The second-order valence-corrected chi connectivity index (χ2v) is 14.3. The van der Waals surface area contributed by atoms with Gasteiger partial charge < -0.3 is 14.3 Å². The van der Waals surface area contributed by atoms with Gasteiger partial charge in [0.1, 0.15) is 11.2 Å². The lowest BCUT2D eigenvalue weighted by molar-refractivity contribution is 0.669. The molecule has 2 aromatic heterocycles. The lowest BCUT2D eigenvalue weighted by atomic mass is 9.95. The minimum absolute atomic E-state index is 0.862. The number of aromatic nitrogens is 1. The van der Waals surface area contributed by atoms with Crippen LogP contribution >= 0.6 is 0 Å². The van der Waals surface area contributed by atoms with Crippen LogP contribution in [0, 0.1) is 0 Å². The van der Waals surface area contributed by atoms with Gasteiger partial charge in [-0.25, -0.2) is 0 Å². The van der Waals surface area contributed by atoms with E-state index >= 15 is 0 Å². The summed E-state index contributed by atoms with van der Waals surface area (Å²) in [5.41, 5.74) is 14.3. The highest BCUT2D eigenvalue weighted by atomic mass is 16.3. The maximum Gasteiger partial charge on any atom is 0.137 e. The van der Waals surface area contributed by atoms with Gasteiger partial charge in [-0.1, -0.05) is 133 Å². The number of para-hydroxylation sites is 2. The number of nitrogens with zero attached hydrogens (tertiary/aromatic N) is 1. The highest BCUT2D eigenvalue weighted by Gasteiger charge is 2.17. The van der Waals surface area contributed by atoms with Crippen LogP contribution in [-0.4, -0.2) is 4.57 Å². The molecule has 0 spiro atoms. The first-order valence-corrected chi connectivity index (χ1v) is 18.7. The summed E-state index contributed by atoms with van der Waals surface area (Å²) in [5, 5.41) is 10.9. The van der Waals surface area contributed by atoms with Crippen molar-refractivity contribution in [2.24, 2.45) is 0 Å². The molecule has 0 saturated carbocycles. The number of benzene rings is 9. The lowest BCUT2D eigenvalue weighted by Crippen LogP contribution is -1.94. The predicted octanol–water partition coefficient (Wildman–Crippen LogP) is 14.6. The second kappa shape index (κ2) is 12.6. The molecule has 11 aromatic rings. The molecular formula is C52H34N2O. The summed E-state index contributed by atoms with van der Waals surface area (Å²) in [4.78, 5) is 0. The van der Waals surface area contributed by atoms with Gasteiger partial charge in [0.2, 0.25) is 0 Å². The third kappa shape index (κ3) is 5.36. The Bertz CT molecular complexity index is 3240. The van der Waals surface area contributed by atoms with Crippen molar-refractivity contribution in [3.63, 3.8) is 0 Å². The molecule has 9 aromatic carbocycles. The van der Waals surface area contributed by atoms with E-state index in [9.17, 15) is 0 Å². The monoisotopic (exact) mass is 702 g/mol. The molecular weight excluding hydrogens is 669 g/mol. The van der Waals surface area contributed by atoms with Crippen LogP contribution < -0.4 is 5.32 Å². The Balaban J connectivity index is 1.04. The third-order valence-corrected chi connectivity index (χ3v) is 10.9. The molecule has 11 rings (SSSR count). The van der Waals surface area contributed by atoms with Crippen molar-refractivity contribution in [1.82, 2.24) is 4.57 Å². The molecule has 0 aliphatic carbocycles. The number of hydrogen-bond acceptors (Lipinski definition) is 2. The summed E-state index contributed by atoms with van der Waals surface area (Å²) < 4.78 is 8.78. The van der Waals surface area contributed by atoms with Crippen molar-refractivity contribution in [1.29, 1.82) is 0 Å². The smallest absolute Gasteiger partial charge is 0.137 e. The average molecular weight is 703 g/mol. The first kappa shape index (κ1) is 31.2. The zero-order valence-electron chi connectivity index (χ0n) is 29.9. The van der Waals surface area contributed by atoms with Crippen LogP contribution in [0.15, 0.2) is 205 Å². The molecule has 2 heterocycles. The molecule has 0 aliphatic heterocycles. The standard InChI is InChI=1S/C52H34N2O/c1-2-12-34(13-3-1)38-17-11-19-42(30-38)54-49-22-8-6-20-43(49)46-31-39(25-27-50(46)54)36-16-10-18-40(28-36)45-32-47-44-21-7-9-23-51(44)55-52(47)33-48(45)53-41-26-24-35-14-4-5-15-37(35)29-41/h1-33,53H. The van der Waals surface area contributed by atoms with Crippen molar-refractivity contribution >= 4 is 65.9 Å². The van der Waals surface area contributed by atoms with Crippen LogP contribution in [-0.2, 0) is 0 Å². The molecule has 3 nitrogen and oxygen atoms in total. The molecule has 0 aliphatic rings. The molecule has 55 heavy (non-hydrogen) atoms. The van der Waals surface area contributed by atoms with Gasteiger partial charge in [-0.15, -0.1) is 0 Å². The SMILES string of the molecule is c1ccc(-c2cccc(-n3c4ccccc4c4cc(-c5cccc(-c6cc7c(cc6Nc6ccc8ccccc8c6)oc6ccccc67)c5)ccc43)c2)cc1. The van der Waals surface area contributed by atoms with Crippen LogP contribution in [0.1, 0.15) is 0 Å². The summed E-state index contributed by atoms with van der Waals surface area (Å²) in [5.74, 6) is 0. The van der Waals surface area contributed by atoms with E-state index in [1.807, 2.05) is 12.1 Å². The van der Waals surface area contributed by atoms with Crippen molar-refractivity contribution in [2.75, 3.05) is 5.32 Å². The molecule has 0 radical (unpaired) electrons. The Morgan fingerprint density at radius 1 is 0.364 bits per heavy atom. The predicted molar refractivity (Wildman–Crippen MR) is 232 cm³/mol. The van der Waals surface area contributed by atoms with Crippen molar-refractivity contribution < 1.29 is 4.42 Å². The summed E-state index contributed by atoms with van der Waals surface area (Å²) >= 11 is 0. The van der Waals surface area contributed by atoms with Gasteiger partial charge in [0.15, 0.2) is 0 Å². The van der Waals surface area contributed by atoms with Crippen LogP contribution in [0.4, 0.5) is 11.4 Å². The van der Waals surface area contributed by atoms with E-state index in [-0.39, 0.29) is 0 Å². The Labute approximate surface area is 318 Å². The molecule has 0 saturated heterocycles. The minimum atomic E-state index is 0.862. The summed E-state index contributed by atoms with van der Waals surface area (Å²) in [7, 11) is 0. The zero-order chi connectivity index (χ0) is 36.3. The van der Waals surface area contributed by atoms with Gasteiger partial charge in [0.25, 0.3) is 0 Å². The van der Waals surface area contributed by atoms with E-state index < -0.39 is 0 Å². The molecule has 3 heteroatoms. The maximum atomic E-state index is 6.38. The Kier molecular flexibility index (Phi) is 7.17. The Morgan fingerprint density at radius 2 is 1.05 bits per heavy atom. The average Bonchev–Trinajstić information content (AvgIpc) is 3.78. The van der Waals surface area contributed by atoms with Gasteiger partial charge in [0, 0.05) is 44.5 Å². The van der Waals surface area contributed by atoms with Crippen LogP contribution in [0.5, 0.6) is 0 Å². The first-order chi connectivity index (χ1) is 27.2. The third-order valence-electron chi connectivity index (χ3n) is 10.9. The maximum absolute atomic E-state index is 6.38. The highest BCUT2D eigenvalue weighted by Crippen LogP contribution is 2.41. The number of anilines is 2. The molecule has 0 atom stereocenters. The van der Waals surface area contributed by atoms with E-state index in [1.54, 1.807) is 0 Å². The quantitative estimate of drug-likeness (QED) is 0.187. The van der Waals surface area contributed by atoms with E-state index in [2.05, 4.69) is 198 Å². The number of nitrogens with one attached hydrogen (secondary N) is 1. The van der Waals surface area contributed by atoms with Gasteiger partial charge >= 0.3 is 0 Å². The number of hydrogen-bond donors (Lipinski definition) is 1. The molecule has 0 fully saturated rings.